The van der Waals surface area contributed by atoms with Gasteiger partial charge in [-0.1, -0.05) is 18.2 Å². The summed E-state index contributed by atoms with van der Waals surface area (Å²) >= 11 is 0. The molecule has 0 aromatic heterocycles. The zero-order valence-electron chi connectivity index (χ0n) is 12.3. The van der Waals surface area contributed by atoms with Gasteiger partial charge in [0.1, 0.15) is 0 Å². The molecule has 0 bridgehead atoms. The average molecular weight is 339 g/mol. The van der Waals surface area contributed by atoms with Gasteiger partial charge in [-0.15, -0.1) is 0 Å². The van der Waals surface area contributed by atoms with Crippen molar-refractivity contribution in [2.75, 3.05) is 12.4 Å². The van der Waals surface area contributed by atoms with Gasteiger partial charge in [0, 0.05) is 0 Å². The minimum Gasteiger partial charge on any atom is -0.478 e. The first-order valence-corrected chi connectivity index (χ1v) is 6.63. The first-order valence-electron chi connectivity index (χ1n) is 6.63. The molecule has 0 aliphatic rings. The monoisotopic (exact) mass is 339 g/mol. The van der Waals surface area contributed by atoms with Gasteiger partial charge >= 0.3 is 18.1 Å². The van der Waals surface area contributed by atoms with Crippen molar-refractivity contribution in [3.8, 4) is 0 Å². The third-order valence-corrected chi connectivity index (χ3v) is 3.19. The van der Waals surface area contributed by atoms with Crippen LogP contribution in [-0.2, 0) is 10.9 Å². The molecule has 0 unspecified atom stereocenters. The number of carboxylic acids is 1. The highest BCUT2D eigenvalue weighted by Crippen LogP contribution is 2.38. The number of hydrogen-bond acceptors (Lipinski definition) is 4. The average Bonchev–Trinajstić information content (AvgIpc) is 2.53. The third kappa shape index (κ3) is 3.48. The Kier molecular flexibility index (Phi) is 4.77. The van der Waals surface area contributed by atoms with E-state index in [0.29, 0.717) is 0 Å². The van der Waals surface area contributed by atoms with E-state index < -0.39 is 34.9 Å². The van der Waals surface area contributed by atoms with Crippen LogP contribution in [-0.4, -0.2) is 24.2 Å². The number of para-hydroxylation sites is 2. The topological polar surface area (TPSA) is 75.6 Å². The lowest BCUT2D eigenvalue weighted by atomic mass is 10.0. The summed E-state index contributed by atoms with van der Waals surface area (Å²) in [5, 5.41) is 11.6. The van der Waals surface area contributed by atoms with Crippen LogP contribution in [0.5, 0.6) is 0 Å². The number of nitrogens with one attached hydrogen (secondary N) is 1. The summed E-state index contributed by atoms with van der Waals surface area (Å²) in [6, 6.07) is 8.51. The molecule has 8 heteroatoms. The van der Waals surface area contributed by atoms with Crippen molar-refractivity contribution in [1.82, 2.24) is 0 Å². The Morgan fingerprint density at radius 3 is 2.25 bits per heavy atom. The summed E-state index contributed by atoms with van der Waals surface area (Å²) in [7, 11) is 1.13. The van der Waals surface area contributed by atoms with Gasteiger partial charge in [-0.3, -0.25) is 0 Å². The highest BCUT2D eigenvalue weighted by atomic mass is 19.4. The number of alkyl halides is 3. The van der Waals surface area contributed by atoms with Crippen LogP contribution in [0.2, 0.25) is 0 Å². The number of carbonyl (C=O) groups is 2. The van der Waals surface area contributed by atoms with Gasteiger partial charge in [0.2, 0.25) is 0 Å². The molecule has 0 saturated carbocycles. The largest absolute Gasteiger partial charge is 0.478 e. The zero-order valence-corrected chi connectivity index (χ0v) is 12.3. The molecule has 0 fully saturated rings. The Bertz CT molecular complexity index is 787. The lowest BCUT2D eigenvalue weighted by molar-refractivity contribution is -0.136. The van der Waals surface area contributed by atoms with Crippen LogP contribution in [0.4, 0.5) is 24.5 Å². The van der Waals surface area contributed by atoms with Gasteiger partial charge in [-0.2, -0.15) is 13.2 Å². The first-order chi connectivity index (χ1) is 11.3. The van der Waals surface area contributed by atoms with Gasteiger partial charge in [0.25, 0.3) is 0 Å². The molecule has 0 amide bonds. The van der Waals surface area contributed by atoms with Crippen LogP contribution in [0, 0.1) is 0 Å². The summed E-state index contributed by atoms with van der Waals surface area (Å²) in [5.74, 6) is -2.29. The lowest BCUT2D eigenvalue weighted by Crippen LogP contribution is -2.14. The highest BCUT2D eigenvalue weighted by Gasteiger charge is 2.35. The van der Waals surface area contributed by atoms with E-state index in [-0.39, 0.29) is 11.3 Å². The summed E-state index contributed by atoms with van der Waals surface area (Å²) in [6.45, 7) is 0. The smallest absolute Gasteiger partial charge is 0.418 e. The number of anilines is 2. The second-order valence-corrected chi connectivity index (χ2v) is 4.69. The molecule has 0 aliphatic heterocycles. The van der Waals surface area contributed by atoms with E-state index in [2.05, 4.69) is 10.1 Å². The number of carboxylic acid groups (broad SMARTS) is 1. The molecular weight excluding hydrogens is 327 g/mol. The lowest BCUT2D eigenvalue weighted by Gasteiger charge is -2.18. The van der Waals surface area contributed by atoms with Gasteiger partial charge in [-0.25, -0.2) is 9.59 Å². The summed E-state index contributed by atoms with van der Waals surface area (Å²) in [5.41, 5.74) is -2.38. The van der Waals surface area contributed by atoms with E-state index in [1.807, 2.05) is 0 Å². The van der Waals surface area contributed by atoms with Gasteiger partial charge in [-0.05, 0) is 24.3 Å². The van der Waals surface area contributed by atoms with Crippen LogP contribution in [0.25, 0.3) is 0 Å². The van der Waals surface area contributed by atoms with Crippen LogP contribution < -0.4 is 5.32 Å². The molecule has 2 rings (SSSR count). The van der Waals surface area contributed by atoms with Gasteiger partial charge in [0.05, 0.1) is 35.2 Å². The normalized spacial score (nSPS) is 11.0. The minimum atomic E-state index is -4.77. The van der Waals surface area contributed by atoms with Gasteiger partial charge in [0.15, 0.2) is 0 Å². The number of carbonyl (C=O) groups excluding carboxylic acids is 1. The molecule has 0 radical (unpaired) electrons. The molecule has 2 aromatic carbocycles. The number of hydrogen-bond donors (Lipinski definition) is 2. The molecule has 126 valence electrons. The second-order valence-electron chi connectivity index (χ2n) is 4.69. The van der Waals surface area contributed by atoms with Crippen molar-refractivity contribution in [3.63, 3.8) is 0 Å². The van der Waals surface area contributed by atoms with Crippen molar-refractivity contribution in [2.45, 2.75) is 6.18 Å². The zero-order chi connectivity index (χ0) is 17.9. The SMILES string of the molecule is COC(=O)c1ccccc1Nc1c(C(=O)O)cccc1C(F)(F)F. The fourth-order valence-electron chi connectivity index (χ4n) is 2.12. The number of halogens is 3. The van der Waals surface area contributed by atoms with Crippen molar-refractivity contribution in [3.05, 3.63) is 59.2 Å². The summed E-state index contributed by atoms with van der Waals surface area (Å²) < 4.78 is 44.2. The molecule has 5 nitrogen and oxygen atoms in total. The fourth-order valence-corrected chi connectivity index (χ4v) is 2.12. The Balaban J connectivity index is 2.62. The Labute approximate surface area is 134 Å². The molecule has 0 spiro atoms. The fraction of sp³-hybridized carbons (Fsp3) is 0.125. The molecule has 2 N–H and O–H groups in total. The number of esters is 1. The molecule has 2 aromatic rings. The maximum Gasteiger partial charge on any atom is 0.418 e. The third-order valence-electron chi connectivity index (χ3n) is 3.19. The Morgan fingerprint density at radius 1 is 1.04 bits per heavy atom. The van der Waals surface area contributed by atoms with Crippen molar-refractivity contribution < 1.29 is 32.6 Å². The van der Waals surface area contributed by atoms with Crippen molar-refractivity contribution in [1.29, 1.82) is 0 Å². The summed E-state index contributed by atoms with van der Waals surface area (Å²) in [4.78, 5) is 23.0. The summed E-state index contributed by atoms with van der Waals surface area (Å²) in [6.07, 6.45) is -4.77. The Hall–Kier alpha value is -3.03. The van der Waals surface area contributed by atoms with Crippen LogP contribution >= 0.6 is 0 Å². The molecule has 24 heavy (non-hydrogen) atoms. The number of methoxy groups -OCH3 is 1. The van der Waals surface area contributed by atoms with Crippen LogP contribution in [0.1, 0.15) is 26.3 Å². The molecule has 0 heterocycles. The molecule has 0 atom stereocenters. The highest BCUT2D eigenvalue weighted by molar-refractivity contribution is 6.00. The van der Waals surface area contributed by atoms with Crippen molar-refractivity contribution >= 4 is 23.3 Å². The standard InChI is InChI=1S/C16H12F3NO4/c1-24-15(23)9-5-2-3-8-12(9)20-13-10(14(21)22)6-4-7-11(13)16(17,18)19/h2-8,20H,1H3,(H,21,22). The maximum absolute atomic E-state index is 13.2. The predicted molar refractivity (Wildman–Crippen MR) is 79.5 cm³/mol. The van der Waals surface area contributed by atoms with Gasteiger partial charge < -0.3 is 15.2 Å². The molecular formula is C16H12F3NO4. The van der Waals surface area contributed by atoms with E-state index in [9.17, 15) is 22.8 Å². The number of rotatable bonds is 4. The number of aromatic carboxylic acids is 1. The molecule has 0 aliphatic carbocycles. The second kappa shape index (κ2) is 6.61. The predicted octanol–water partition coefficient (Wildman–Crippen LogP) is 3.93. The maximum atomic E-state index is 13.2. The quantitative estimate of drug-likeness (QED) is 0.826. The van der Waals surface area contributed by atoms with Crippen molar-refractivity contribution in [2.24, 2.45) is 0 Å². The van der Waals surface area contributed by atoms with Crippen LogP contribution in [0.3, 0.4) is 0 Å². The van der Waals surface area contributed by atoms with E-state index in [0.717, 1.165) is 25.3 Å². The Morgan fingerprint density at radius 2 is 1.67 bits per heavy atom. The number of benzene rings is 2. The van der Waals surface area contributed by atoms with E-state index in [4.69, 9.17) is 5.11 Å². The van der Waals surface area contributed by atoms with E-state index in [1.54, 1.807) is 0 Å². The molecule has 0 saturated heterocycles. The van der Waals surface area contributed by atoms with Crippen LogP contribution in [0.15, 0.2) is 42.5 Å². The minimum absolute atomic E-state index is 0.00329. The first kappa shape index (κ1) is 17.3. The number of ether oxygens (including phenoxy) is 1. The van der Waals surface area contributed by atoms with E-state index >= 15 is 0 Å². The van der Waals surface area contributed by atoms with E-state index in [1.165, 1.54) is 24.3 Å².